The molecule has 0 aromatic heterocycles. The largest absolute Gasteiger partial charge is 1.00 e. The van der Waals surface area contributed by atoms with Gasteiger partial charge in [0.15, 0.2) is 0 Å². The number of hydrogen-bond acceptors (Lipinski definition) is 0. The number of halogens is 3. The van der Waals surface area contributed by atoms with Gasteiger partial charge in [0.1, 0.15) is 0 Å². The van der Waals surface area contributed by atoms with E-state index in [-0.39, 0.29) is 35.6 Å². The summed E-state index contributed by atoms with van der Waals surface area (Å²) in [7, 11) is 0. The molecule has 2 aliphatic carbocycles. The van der Waals surface area contributed by atoms with Crippen LogP contribution in [0.4, 0.5) is 0 Å². The average Bonchev–Trinajstić information content (AvgIpc) is 3.66. The molecule has 5 aromatic carbocycles. The summed E-state index contributed by atoms with van der Waals surface area (Å²) in [6.07, 6.45) is 8.17. The Morgan fingerprint density at radius 3 is 1.81 bits per heavy atom. The number of rotatable bonds is 4. The van der Waals surface area contributed by atoms with Crippen LogP contribution in [0.15, 0.2) is 125 Å². The minimum atomic E-state index is -2.86. The van der Waals surface area contributed by atoms with Crippen LogP contribution in [0.25, 0.3) is 21.9 Å². The topological polar surface area (TPSA) is 0 Å². The summed E-state index contributed by atoms with van der Waals surface area (Å²) in [6.45, 7) is 14.0. The Labute approximate surface area is 305 Å². The molecule has 0 unspecified atom stereocenters. The van der Waals surface area contributed by atoms with Gasteiger partial charge in [-0.3, -0.25) is 0 Å². The third-order valence-corrected chi connectivity index (χ3v) is 18.1. The maximum Gasteiger partial charge on any atom is -1.00 e. The van der Waals surface area contributed by atoms with Crippen molar-refractivity contribution in [2.45, 2.75) is 62.4 Å². The van der Waals surface area contributed by atoms with Crippen LogP contribution in [0.3, 0.4) is 0 Å². The van der Waals surface area contributed by atoms with Crippen LogP contribution in [-0.2, 0) is 32.1 Å². The van der Waals surface area contributed by atoms with Gasteiger partial charge in [0.05, 0.1) is 0 Å². The second kappa shape index (κ2) is 13.8. The first kappa shape index (κ1) is 35.8. The summed E-state index contributed by atoms with van der Waals surface area (Å²) < 4.78 is 3.58. The Kier molecular flexibility index (Phi) is 10.5. The van der Waals surface area contributed by atoms with E-state index in [0.717, 1.165) is 11.4 Å². The molecule has 0 bridgehead atoms. The Morgan fingerprint density at radius 1 is 0.681 bits per heavy atom. The van der Waals surface area contributed by atoms with Crippen molar-refractivity contribution < 1.29 is 46.1 Å². The van der Waals surface area contributed by atoms with Crippen LogP contribution in [0, 0.1) is 0 Å². The molecular formula is C43H41Cl3Zr. The summed E-state index contributed by atoms with van der Waals surface area (Å²) in [5.74, 6) is 0. The molecule has 0 amide bonds. The van der Waals surface area contributed by atoms with Crippen molar-refractivity contribution in [2.75, 3.05) is 0 Å². The number of fused-ring (bicyclic) bond motifs is 4. The van der Waals surface area contributed by atoms with Crippen molar-refractivity contribution in [3.05, 3.63) is 163 Å². The van der Waals surface area contributed by atoms with E-state index in [2.05, 4.69) is 163 Å². The second-order valence-electron chi connectivity index (χ2n) is 14.7. The fourth-order valence-electron chi connectivity index (χ4n) is 7.16. The maximum atomic E-state index is 6.53. The molecular weight excluding hydrogens is 714 g/mol. The van der Waals surface area contributed by atoms with Crippen molar-refractivity contribution in [3.8, 4) is 11.1 Å². The second-order valence-corrected chi connectivity index (χ2v) is 21.4. The van der Waals surface area contributed by atoms with Gasteiger partial charge in [-0.05, 0) is 0 Å². The van der Waals surface area contributed by atoms with Crippen LogP contribution in [0.1, 0.15) is 85.0 Å². The van der Waals surface area contributed by atoms with Gasteiger partial charge in [0, 0.05) is 0 Å². The fraction of sp³-hybridized carbons (Fsp3) is 0.233. The molecule has 0 aliphatic heterocycles. The molecule has 7 rings (SSSR count). The number of benzene rings is 5. The quantitative estimate of drug-likeness (QED) is 0.215. The van der Waals surface area contributed by atoms with Gasteiger partial charge in [-0.2, -0.15) is 0 Å². The molecule has 238 valence electrons. The molecule has 0 nitrogen and oxygen atoms in total. The molecule has 4 heteroatoms. The van der Waals surface area contributed by atoms with E-state index >= 15 is 0 Å². The van der Waals surface area contributed by atoms with E-state index in [1.54, 1.807) is 6.49 Å². The minimum Gasteiger partial charge on any atom is -1.00 e. The van der Waals surface area contributed by atoms with Crippen LogP contribution >= 0.6 is 11.6 Å². The van der Waals surface area contributed by atoms with Gasteiger partial charge >= 0.3 is 283 Å². The molecule has 0 heterocycles. The zero-order valence-corrected chi connectivity index (χ0v) is 32.7. The molecule has 0 atom stereocenters. The fourth-order valence-corrected chi connectivity index (χ4v) is 16.3. The van der Waals surface area contributed by atoms with E-state index < -0.39 is 21.3 Å². The van der Waals surface area contributed by atoms with E-state index in [1.165, 1.54) is 55.3 Å². The van der Waals surface area contributed by atoms with Crippen LogP contribution in [0.5, 0.6) is 0 Å². The van der Waals surface area contributed by atoms with E-state index in [0.29, 0.717) is 3.63 Å². The average molecular weight is 755 g/mol. The van der Waals surface area contributed by atoms with Crippen molar-refractivity contribution >= 4 is 25.6 Å². The Hall–Kier alpha value is -2.54. The molecule has 0 N–H and O–H groups in total. The van der Waals surface area contributed by atoms with Crippen molar-refractivity contribution in [1.29, 1.82) is 0 Å². The molecule has 0 saturated carbocycles. The van der Waals surface area contributed by atoms with Crippen molar-refractivity contribution in [3.63, 3.8) is 0 Å². The zero-order valence-electron chi connectivity index (χ0n) is 28.0. The number of hydrogen-bond donors (Lipinski definition) is 0. The maximum absolute atomic E-state index is 6.53. The summed E-state index contributed by atoms with van der Waals surface area (Å²) in [5, 5.41) is 3.41. The van der Waals surface area contributed by atoms with Crippen molar-refractivity contribution in [2.24, 2.45) is 0 Å². The van der Waals surface area contributed by atoms with Gasteiger partial charge in [-0.1, -0.05) is 0 Å². The molecule has 0 radical (unpaired) electrons. The Balaban J connectivity index is 0.00000217. The first-order chi connectivity index (χ1) is 21.5. The Bertz CT molecular complexity index is 1980. The summed E-state index contributed by atoms with van der Waals surface area (Å²) in [4.78, 5) is 0. The molecule has 5 aromatic rings. The third kappa shape index (κ3) is 6.72. The third-order valence-electron chi connectivity index (χ3n) is 9.61. The summed E-state index contributed by atoms with van der Waals surface area (Å²) >= 11 is 3.67. The predicted octanol–water partition coefficient (Wildman–Crippen LogP) is 5.90. The SMILES string of the molecule is CC(C)(C)c1ccc2c(c1)[CH](/[Zr+2]([C]1=CC=CC1)=[C](/c1ccc(Cl)cc1)c1cccc3ccccc13)c1cc(C(C)(C)C)ccc1-2.[Cl-].[Cl-]. The number of allylic oxidation sites excluding steroid dienone is 4. The molecule has 0 spiro atoms. The first-order valence-electron chi connectivity index (χ1n) is 16.1. The molecule has 47 heavy (non-hydrogen) atoms. The zero-order chi connectivity index (χ0) is 31.5. The normalized spacial score (nSPS) is 14.2. The summed E-state index contributed by atoms with van der Waals surface area (Å²) in [5.41, 5.74) is 11.5. The van der Waals surface area contributed by atoms with Gasteiger partial charge in [0.2, 0.25) is 0 Å². The van der Waals surface area contributed by atoms with E-state index in [9.17, 15) is 0 Å². The van der Waals surface area contributed by atoms with E-state index in [1.807, 2.05) is 0 Å². The van der Waals surface area contributed by atoms with Crippen LogP contribution in [0.2, 0.25) is 5.02 Å². The molecule has 0 fully saturated rings. The Morgan fingerprint density at radius 2 is 1.26 bits per heavy atom. The van der Waals surface area contributed by atoms with Crippen LogP contribution in [-0.4, -0.2) is 3.21 Å². The smallest absolute Gasteiger partial charge is 1.00 e. The molecule has 0 saturated heterocycles. The van der Waals surface area contributed by atoms with Gasteiger partial charge in [0.25, 0.3) is 0 Å². The minimum absolute atomic E-state index is 0. The first-order valence-corrected chi connectivity index (χ1v) is 20.4. The van der Waals surface area contributed by atoms with E-state index in [4.69, 9.17) is 11.6 Å². The summed E-state index contributed by atoms with van der Waals surface area (Å²) in [6, 6.07) is 39.2. The van der Waals surface area contributed by atoms with Gasteiger partial charge in [-0.25, -0.2) is 0 Å². The monoisotopic (exact) mass is 752 g/mol. The van der Waals surface area contributed by atoms with Crippen molar-refractivity contribution in [1.82, 2.24) is 0 Å². The molecule has 2 aliphatic rings. The standard InChI is InChI=1S/C21H25.C17H11Cl.C5H5.2ClH.Zr/c1-20(2,3)16-7-9-18-14(12-16)11-15-13-17(21(4,5)6)8-10-19(15)18;18-16-10-8-13(9-11-16)12-15-6-3-5-14-4-1-2-7-17(14)15;1-2-4-5-3-1;;;/h7-13H,1-6H3;1-11H;1-3H,4H2;2*1H;/q;;;;;+2/p-2. The van der Waals surface area contributed by atoms with Gasteiger partial charge in [-0.15, -0.1) is 0 Å². The van der Waals surface area contributed by atoms with Crippen LogP contribution < -0.4 is 24.8 Å². The predicted molar refractivity (Wildman–Crippen MR) is 192 cm³/mol. The van der Waals surface area contributed by atoms with Gasteiger partial charge < -0.3 is 24.8 Å².